The molecule has 0 saturated heterocycles. The number of phenolic OH excluding ortho intramolecular Hbond substituents is 2. The van der Waals surface area contributed by atoms with Gasteiger partial charge in [0.15, 0.2) is 0 Å². The van der Waals surface area contributed by atoms with Crippen molar-refractivity contribution in [1.82, 2.24) is 0 Å². The van der Waals surface area contributed by atoms with Gasteiger partial charge in [-0.25, -0.2) is 0 Å². The molecule has 2 rings (SSSR count). The van der Waals surface area contributed by atoms with Crippen LogP contribution < -0.4 is 29.6 Å². The van der Waals surface area contributed by atoms with E-state index in [4.69, 9.17) is 10.2 Å². The van der Waals surface area contributed by atoms with Crippen molar-refractivity contribution in [2.24, 2.45) is 0 Å². The third kappa shape index (κ3) is 7.03. The average Bonchev–Trinajstić information content (AvgIpc) is 2.21. The predicted molar refractivity (Wildman–Crippen MR) is 57.3 cm³/mol. The molecular weight excluding hydrogens is 199 g/mol. The smallest absolute Gasteiger partial charge is 1.00 e. The van der Waals surface area contributed by atoms with Gasteiger partial charge in [0.05, 0.1) is 0 Å². The first-order valence-corrected chi connectivity index (χ1v) is 4.27. The van der Waals surface area contributed by atoms with E-state index in [-0.39, 0.29) is 31.0 Å². The fourth-order valence-electron chi connectivity index (χ4n) is 0.856. The van der Waals surface area contributed by atoms with E-state index in [1.54, 1.807) is 48.5 Å². The maximum absolute atomic E-state index is 8.63. The molecular formula is C12H13NaO2. The molecule has 0 bridgehead atoms. The van der Waals surface area contributed by atoms with Gasteiger partial charge in [-0.1, -0.05) is 36.4 Å². The van der Waals surface area contributed by atoms with E-state index in [0.717, 1.165) is 0 Å². The van der Waals surface area contributed by atoms with Crippen molar-refractivity contribution in [2.45, 2.75) is 0 Å². The minimum absolute atomic E-state index is 0. The molecule has 2 N–H and O–H groups in total. The fraction of sp³-hybridized carbons (Fsp3) is 0. The van der Waals surface area contributed by atoms with Gasteiger partial charge in [-0.2, -0.15) is 0 Å². The van der Waals surface area contributed by atoms with Crippen LogP contribution in [0.3, 0.4) is 0 Å². The Morgan fingerprint density at radius 1 is 0.600 bits per heavy atom. The summed E-state index contributed by atoms with van der Waals surface area (Å²) in [6, 6.07) is 17.4. The summed E-state index contributed by atoms with van der Waals surface area (Å²) in [4.78, 5) is 0. The SMILES string of the molecule is Oc1ccccc1.Oc1ccccc1.[H-].[Na+]. The molecule has 3 heteroatoms. The number of hydrogen-bond donors (Lipinski definition) is 2. The van der Waals surface area contributed by atoms with Gasteiger partial charge in [-0.15, -0.1) is 0 Å². The Bertz CT molecular complexity index is 316. The second-order valence-electron chi connectivity index (χ2n) is 2.67. The van der Waals surface area contributed by atoms with Crippen LogP contribution >= 0.6 is 0 Å². The van der Waals surface area contributed by atoms with Crippen molar-refractivity contribution >= 4 is 0 Å². The van der Waals surface area contributed by atoms with Gasteiger partial charge in [0.2, 0.25) is 0 Å². The normalized spacial score (nSPS) is 8.00. The van der Waals surface area contributed by atoms with Crippen molar-refractivity contribution in [3.63, 3.8) is 0 Å². The van der Waals surface area contributed by atoms with Crippen LogP contribution in [-0.4, -0.2) is 10.2 Å². The number of aromatic hydroxyl groups is 2. The molecule has 2 nitrogen and oxygen atoms in total. The number of phenols is 2. The molecule has 2 aromatic carbocycles. The van der Waals surface area contributed by atoms with Crippen LogP contribution in [0.5, 0.6) is 11.5 Å². The van der Waals surface area contributed by atoms with E-state index < -0.39 is 0 Å². The quantitative estimate of drug-likeness (QED) is 0.599. The molecule has 0 aliphatic carbocycles. The van der Waals surface area contributed by atoms with E-state index in [1.807, 2.05) is 12.1 Å². The molecule has 0 atom stereocenters. The second-order valence-corrected chi connectivity index (χ2v) is 2.67. The molecule has 0 aliphatic heterocycles. The summed E-state index contributed by atoms with van der Waals surface area (Å²) in [6.45, 7) is 0. The summed E-state index contributed by atoms with van der Waals surface area (Å²) >= 11 is 0. The van der Waals surface area contributed by atoms with Crippen molar-refractivity contribution in [2.75, 3.05) is 0 Å². The Morgan fingerprint density at radius 3 is 1.00 bits per heavy atom. The van der Waals surface area contributed by atoms with Crippen LogP contribution in [0.2, 0.25) is 0 Å². The number of benzene rings is 2. The number of hydrogen-bond acceptors (Lipinski definition) is 2. The Hall–Kier alpha value is -0.960. The zero-order valence-electron chi connectivity index (χ0n) is 9.67. The van der Waals surface area contributed by atoms with Crippen molar-refractivity contribution < 1.29 is 41.2 Å². The maximum Gasteiger partial charge on any atom is 1.00 e. The Kier molecular flexibility index (Phi) is 7.82. The van der Waals surface area contributed by atoms with Crippen LogP contribution in [0.4, 0.5) is 0 Å². The molecule has 74 valence electrons. The topological polar surface area (TPSA) is 40.5 Å². The molecule has 0 aliphatic rings. The van der Waals surface area contributed by atoms with Gasteiger partial charge < -0.3 is 11.6 Å². The van der Waals surface area contributed by atoms with E-state index >= 15 is 0 Å². The third-order valence-corrected chi connectivity index (χ3v) is 1.51. The van der Waals surface area contributed by atoms with Gasteiger partial charge in [-0.3, -0.25) is 0 Å². The zero-order valence-corrected chi connectivity index (χ0v) is 10.7. The minimum Gasteiger partial charge on any atom is -1.00 e. The van der Waals surface area contributed by atoms with E-state index in [1.165, 1.54) is 0 Å². The summed E-state index contributed by atoms with van der Waals surface area (Å²) in [5, 5.41) is 17.3. The molecule has 15 heavy (non-hydrogen) atoms. The number of rotatable bonds is 0. The zero-order chi connectivity index (χ0) is 10.2. The Morgan fingerprint density at radius 2 is 0.867 bits per heavy atom. The summed E-state index contributed by atoms with van der Waals surface area (Å²) in [6.07, 6.45) is 0. The molecule has 0 aromatic heterocycles. The van der Waals surface area contributed by atoms with Crippen LogP contribution in [-0.2, 0) is 0 Å². The first-order valence-electron chi connectivity index (χ1n) is 4.27. The molecule has 0 amide bonds. The minimum atomic E-state index is 0. The first-order chi connectivity index (χ1) is 6.79. The largest absolute Gasteiger partial charge is 1.00 e. The number of para-hydroxylation sites is 2. The molecule has 0 spiro atoms. The Balaban J connectivity index is 0. The van der Waals surface area contributed by atoms with E-state index in [9.17, 15) is 0 Å². The molecule has 2 aromatic rings. The van der Waals surface area contributed by atoms with Gasteiger partial charge >= 0.3 is 29.6 Å². The van der Waals surface area contributed by atoms with Gasteiger partial charge in [0.25, 0.3) is 0 Å². The molecule has 0 radical (unpaired) electrons. The van der Waals surface area contributed by atoms with Gasteiger partial charge in [-0.05, 0) is 24.3 Å². The average molecular weight is 212 g/mol. The summed E-state index contributed by atoms with van der Waals surface area (Å²) in [7, 11) is 0. The molecule has 0 heterocycles. The van der Waals surface area contributed by atoms with Crippen LogP contribution in [0.25, 0.3) is 0 Å². The maximum atomic E-state index is 8.63. The monoisotopic (exact) mass is 212 g/mol. The Labute approximate surface area is 113 Å². The standard InChI is InChI=1S/2C6H6O.Na.H/c2*7-6-4-2-1-3-5-6;;/h2*1-5,7H;;/q;;+1;-1. The van der Waals surface area contributed by atoms with Crippen molar-refractivity contribution in [1.29, 1.82) is 0 Å². The van der Waals surface area contributed by atoms with Gasteiger partial charge in [0, 0.05) is 0 Å². The van der Waals surface area contributed by atoms with Crippen LogP contribution in [0.1, 0.15) is 1.43 Å². The third-order valence-electron chi connectivity index (χ3n) is 1.51. The molecule has 0 saturated carbocycles. The first kappa shape index (κ1) is 14.0. The van der Waals surface area contributed by atoms with Crippen LogP contribution in [0.15, 0.2) is 60.7 Å². The van der Waals surface area contributed by atoms with E-state index in [0.29, 0.717) is 11.5 Å². The summed E-state index contributed by atoms with van der Waals surface area (Å²) < 4.78 is 0. The van der Waals surface area contributed by atoms with Crippen LogP contribution in [0, 0.1) is 0 Å². The fourth-order valence-corrected chi connectivity index (χ4v) is 0.856. The molecule has 0 fully saturated rings. The second kappa shape index (κ2) is 8.36. The van der Waals surface area contributed by atoms with Crippen molar-refractivity contribution in [3.8, 4) is 11.5 Å². The predicted octanol–water partition coefficient (Wildman–Crippen LogP) is -0.0991. The van der Waals surface area contributed by atoms with Gasteiger partial charge in [0.1, 0.15) is 11.5 Å². The van der Waals surface area contributed by atoms with E-state index in [2.05, 4.69) is 0 Å². The summed E-state index contributed by atoms with van der Waals surface area (Å²) in [5.41, 5.74) is 0. The van der Waals surface area contributed by atoms with Crippen molar-refractivity contribution in [3.05, 3.63) is 60.7 Å². The summed E-state index contributed by atoms with van der Waals surface area (Å²) in [5.74, 6) is 0.644. The molecule has 0 unspecified atom stereocenters.